The van der Waals surface area contributed by atoms with Crippen LogP contribution in [0.2, 0.25) is 0 Å². The minimum absolute atomic E-state index is 0.0186. The number of fused-ring (bicyclic) bond motifs is 1. The minimum Gasteiger partial charge on any atom is -0.469 e. The lowest BCUT2D eigenvalue weighted by molar-refractivity contribution is -0.132. The summed E-state index contributed by atoms with van der Waals surface area (Å²) in [6, 6.07) is 4.84. The predicted molar refractivity (Wildman–Crippen MR) is 84.9 cm³/mol. The monoisotopic (exact) mass is 346 g/mol. The maximum Gasteiger partial charge on any atom is 0.264 e. The van der Waals surface area contributed by atoms with Gasteiger partial charge in [0, 0.05) is 24.0 Å². The van der Waals surface area contributed by atoms with Gasteiger partial charge in [-0.2, -0.15) is 0 Å². The quantitative estimate of drug-likeness (QED) is 0.928. The first kappa shape index (κ1) is 15.8. The van der Waals surface area contributed by atoms with Crippen molar-refractivity contribution in [3.8, 4) is 0 Å². The molecule has 0 bridgehead atoms. The van der Waals surface area contributed by atoms with Crippen LogP contribution in [0.25, 0.3) is 0 Å². The van der Waals surface area contributed by atoms with E-state index >= 15 is 0 Å². The molecule has 2 aliphatic rings. The zero-order chi connectivity index (χ0) is 17.4. The number of carbonyl (C=O) groups excluding carboxylic acids is 1. The molecule has 2 heterocycles. The molecule has 1 aliphatic carbocycles. The van der Waals surface area contributed by atoms with E-state index in [9.17, 15) is 13.6 Å². The number of nitrogens with one attached hydrogen (secondary N) is 1. The highest BCUT2D eigenvalue weighted by Crippen LogP contribution is 2.31. The van der Waals surface area contributed by atoms with Crippen LogP contribution in [0, 0.1) is 11.6 Å². The fourth-order valence-corrected chi connectivity index (χ4v) is 3.30. The first-order valence-corrected chi connectivity index (χ1v) is 8.16. The number of benzene rings is 1. The van der Waals surface area contributed by atoms with Gasteiger partial charge in [-0.1, -0.05) is 5.16 Å². The first-order valence-electron chi connectivity index (χ1n) is 8.16. The summed E-state index contributed by atoms with van der Waals surface area (Å²) in [5.41, 5.74) is 1.23. The Kier molecular flexibility index (Phi) is 3.99. The van der Waals surface area contributed by atoms with E-state index in [4.69, 9.17) is 9.25 Å². The van der Waals surface area contributed by atoms with Crippen molar-refractivity contribution in [1.82, 2.24) is 5.32 Å². The topological polar surface area (TPSA) is 63.8 Å². The molecule has 0 unspecified atom stereocenters. The van der Waals surface area contributed by atoms with Crippen LogP contribution in [0.5, 0.6) is 0 Å². The van der Waals surface area contributed by atoms with E-state index in [1.807, 2.05) is 6.07 Å². The van der Waals surface area contributed by atoms with Crippen LogP contribution < -0.4 is 5.32 Å². The molecule has 2 aromatic rings. The SMILES string of the molecule is O=C(N[C@H]1CCCc2occc21)[C@H]1CC(c2cc(F)ccc2F)=NO1. The van der Waals surface area contributed by atoms with Crippen molar-refractivity contribution in [3.63, 3.8) is 0 Å². The summed E-state index contributed by atoms with van der Waals surface area (Å²) in [6.45, 7) is 0. The summed E-state index contributed by atoms with van der Waals surface area (Å²) in [4.78, 5) is 17.6. The Morgan fingerprint density at radius 1 is 1.28 bits per heavy atom. The zero-order valence-electron chi connectivity index (χ0n) is 13.3. The van der Waals surface area contributed by atoms with Gasteiger partial charge in [0.1, 0.15) is 17.4 Å². The second-order valence-corrected chi connectivity index (χ2v) is 6.21. The van der Waals surface area contributed by atoms with E-state index < -0.39 is 17.7 Å². The van der Waals surface area contributed by atoms with E-state index in [1.165, 1.54) is 0 Å². The summed E-state index contributed by atoms with van der Waals surface area (Å²) >= 11 is 0. The van der Waals surface area contributed by atoms with Crippen molar-refractivity contribution in [1.29, 1.82) is 0 Å². The molecule has 0 spiro atoms. The highest BCUT2D eigenvalue weighted by atomic mass is 19.1. The third-order valence-electron chi connectivity index (χ3n) is 4.57. The third-order valence-corrected chi connectivity index (χ3v) is 4.57. The average molecular weight is 346 g/mol. The molecule has 4 rings (SSSR count). The normalized spacial score (nSPS) is 22.1. The van der Waals surface area contributed by atoms with Gasteiger partial charge in [-0.25, -0.2) is 8.78 Å². The van der Waals surface area contributed by atoms with Gasteiger partial charge in [0.25, 0.3) is 5.91 Å². The second-order valence-electron chi connectivity index (χ2n) is 6.21. The number of amides is 1. The number of rotatable bonds is 3. The first-order chi connectivity index (χ1) is 12.1. The van der Waals surface area contributed by atoms with E-state index in [2.05, 4.69) is 10.5 Å². The molecule has 2 atom stereocenters. The molecular weight excluding hydrogens is 330 g/mol. The van der Waals surface area contributed by atoms with Gasteiger partial charge < -0.3 is 14.6 Å². The van der Waals surface area contributed by atoms with Crippen LogP contribution in [0.1, 0.15) is 42.2 Å². The maximum atomic E-state index is 13.8. The Morgan fingerprint density at radius 3 is 3.04 bits per heavy atom. The maximum absolute atomic E-state index is 13.8. The molecular formula is C18H16F2N2O3. The van der Waals surface area contributed by atoms with Gasteiger partial charge in [0.15, 0.2) is 0 Å². The molecule has 1 aromatic heterocycles. The van der Waals surface area contributed by atoms with E-state index in [-0.39, 0.29) is 29.6 Å². The van der Waals surface area contributed by atoms with Crippen molar-refractivity contribution in [2.45, 2.75) is 37.8 Å². The van der Waals surface area contributed by atoms with Crippen LogP contribution in [0.15, 0.2) is 40.1 Å². The Labute approximate surface area is 142 Å². The molecule has 0 saturated carbocycles. The molecule has 1 amide bonds. The van der Waals surface area contributed by atoms with Crippen molar-refractivity contribution in [2.75, 3.05) is 0 Å². The lowest BCUT2D eigenvalue weighted by Gasteiger charge is -2.23. The van der Waals surface area contributed by atoms with Gasteiger partial charge in [-0.15, -0.1) is 0 Å². The van der Waals surface area contributed by atoms with E-state index in [0.717, 1.165) is 48.8 Å². The van der Waals surface area contributed by atoms with E-state index in [0.29, 0.717) is 0 Å². The Hall–Kier alpha value is -2.70. The average Bonchev–Trinajstić information content (AvgIpc) is 3.26. The van der Waals surface area contributed by atoms with Crippen LogP contribution in [-0.2, 0) is 16.1 Å². The molecule has 1 aromatic carbocycles. The van der Waals surface area contributed by atoms with E-state index in [1.54, 1.807) is 6.26 Å². The van der Waals surface area contributed by atoms with Crippen molar-refractivity contribution < 1.29 is 22.8 Å². The van der Waals surface area contributed by atoms with Crippen molar-refractivity contribution >= 4 is 11.6 Å². The summed E-state index contributed by atoms with van der Waals surface area (Å²) in [7, 11) is 0. The van der Waals surface area contributed by atoms with Crippen LogP contribution >= 0.6 is 0 Å². The summed E-state index contributed by atoms with van der Waals surface area (Å²) in [6.07, 6.45) is 3.47. The van der Waals surface area contributed by atoms with Gasteiger partial charge >= 0.3 is 0 Å². The number of hydrogen-bond donors (Lipinski definition) is 1. The predicted octanol–water partition coefficient (Wildman–Crippen LogP) is 3.24. The fourth-order valence-electron chi connectivity index (χ4n) is 3.30. The Bertz CT molecular complexity index is 847. The highest BCUT2D eigenvalue weighted by molar-refractivity contribution is 6.04. The fraction of sp³-hybridized carbons (Fsp3) is 0.333. The number of nitrogens with zero attached hydrogens (tertiary/aromatic N) is 1. The van der Waals surface area contributed by atoms with Gasteiger partial charge in [-0.3, -0.25) is 4.79 Å². The second kappa shape index (κ2) is 6.31. The minimum atomic E-state index is -0.852. The number of furan rings is 1. The molecule has 1 aliphatic heterocycles. The molecule has 130 valence electrons. The number of halogens is 2. The van der Waals surface area contributed by atoms with Crippen LogP contribution in [0.4, 0.5) is 8.78 Å². The van der Waals surface area contributed by atoms with Gasteiger partial charge in [0.2, 0.25) is 6.10 Å². The number of oxime groups is 1. The molecule has 0 fully saturated rings. The number of aryl methyl sites for hydroxylation is 1. The summed E-state index contributed by atoms with van der Waals surface area (Å²) in [5, 5.41) is 6.70. The lowest BCUT2D eigenvalue weighted by atomic mass is 9.93. The summed E-state index contributed by atoms with van der Waals surface area (Å²) < 4.78 is 32.6. The smallest absolute Gasteiger partial charge is 0.264 e. The third kappa shape index (κ3) is 3.01. The standard InChI is InChI=1S/C18H16F2N2O3/c19-10-4-5-13(20)12(8-10)15-9-17(25-22-15)18(23)21-14-2-1-3-16-11(14)6-7-24-16/h4-8,14,17H,1-3,9H2,(H,21,23)/t14-,17+/m0/s1. The van der Waals surface area contributed by atoms with Crippen LogP contribution in [0.3, 0.4) is 0 Å². The molecule has 25 heavy (non-hydrogen) atoms. The molecule has 7 heteroatoms. The zero-order valence-corrected chi connectivity index (χ0v) is 13.3. The molecule has 5 nitrogen and oxygen atoms in total. The summed E-state index contributed by atoms with van der Waals surface area (Å²) in [5.74, 6) is -0.598. The Balaban J connectivity index is 1.43. The lowest BCUT2D eigenvalue weighted by Crippen LogP contribution is -2.38. The molecule has 1 N–H and O–H groups in total. The van der Waals surface area contributed by atoms with Crippen LogP contribution in [-0.4, -0.2) is 17.7 Å². The van der Waals surface area contributed by atoms with Crippen molar-refractivity contribution in [3.05, 3.63) is 59.1 Å². The Morgan fingerprint density at radius 2 is 2.16 bits per heavy atom. The largest absolute Gasteiger partial charge is 0.469 e. The highest BCUT2D eigenvalue weighted by Gasteiger charge is 2.33. The number of carbonyl (C=O) groups is 1. The van der Waals surface area contributed by atoms with Crippen molar-refractivity contribution in [2.24, 2.45) is 5.16 Å². The van der Waals surface area contributed by atoms with Gasteiger partial charge in [0.05, 0.1) is 18.0 Å². The molecule has 0 saturated heterocycles. The molecule has 0 radical (unpaired) electrons. The number of hydrogen-bond acceptors (Lipinski definition) is 4. The van der Waals surface area contributed by atoms with Gasteiger partial charge in [-0.05, 0) is 37.1 Å².